The number of rotatable bonds is 6. The average molecular weight is 251 g/mol. The molecule has 0 heterocycles. The van der Waals surface area contributed by atoms with E-state index >= 15 is 0 Å². The van der Waals surface area contributed by atoms with Gasteiger partial charge in [0.2, 0.25) is 0 Å². The smallest absolute Gasteiger partial charge is 0.314 e. The molecule has 1 aromatic carbocycles. The van der Waals surface area contributed by atoms with Gasteiger partial charge in [0.15, 0.2) is 0 Å². The molecule has 4 heteroatoms. The summed E-state index contributed by atoms with van der Waals surface area (Å²) >= 11 is 0. The minimum Gasteiger partial charge on any atom is -0.492 e. The minimum absolute atomic E-state index is 0.277. The Kier molecular flexibility index (Phi) is 5.16. The van der Waals surface area contributed by atoms with E-state index in [1.807, 2.05) is 24.3 Å². The van der Waals surface area contributed by atoms with Crippen molar-refractivity contribution in [3.63, 3.8) is 0 Å². The van der Waals surface area contributed by atoms with E-state index < -0.39 is 5.41 Å². The lowest BCUT2D eigenvalue weighted by Crippen LogP contribution is -2.32. The molecule has 0 saturated heterocycles. The molecule has 0 aliphatic carbocycles. The number of nitrogens with two attached hydrogens (primary N) is 1. The summed E-state index contributed by atoms with van der Waals surface area (Å²) in [6, 6.07) is 7.74. The lowest BCUT2D eigenvalue weighted by molar-refractivity contribution is -0.152. The van der Waals surface area contributed by atoms with E-state index in [1.165, 1.54) is 7.11 Å². The van der Waals surface area contributed by atoms with E-state index in [-0.39, 0.29) is 12.6 Å². The molecule has 0 bridgehead atoms. The van der Waals surface area contributed by atoms with Crippen molar-refractivity contribution in [1.29, 1.82) is 0 Å². The molecule has 0 radical (unpaired) electrons. The Morgan fingerprint density at radius 1 is 1.39 bits per heavy atom. The normalized spacial score (nSPS) is 11.1. The molecule has 0 atom stereocenters. The second kappa shape index (κ2) is 6.40. The quantitative estimate of drug-likeness (QED) is 0.783. The topological polar surface area (TPSA) is 61.5 Å². The van der Waals surface area contributed by atoms with Crippen molar-refractivity contribution in [3.8, 4) is 5.75 Å². The zero-order valence-corrected chi connectivity index (χ0v) is 11.2. The molecule has 0 amide bonds. The van der Waals surface area contributed by atoms with E-state index in [0.29, 0.717) is 6.54 Å². The number of carbonyl (C=O) groups is 1. The second-order valence-corrected chi connectivity index (χ2v) is 4.85. The van der Waals surface area contributed by atoms with E-state index in [4.69, 9.17) is 15.2 Å². The summed E-state index contributed by atoms with van der Waals surface area (Å²) in [5.74, 6) is 0.471. The third kappa shape index (κ3) is 4.04. The molecule has 4 nitrogen and oxygen atoms in total. The van der Waals surface area contributed by atoms with Crippen molar-refractivity contribution < 1.29 is 14.3 Å². The number of benzene rings is 1. The van der Waals surface area contributed by atoms with Crippen molar-refractivity contribution in [2.45, 2.75) is 20.3 Å². The van der Waals surface area contributed by atoms with Crippen LogP contribution >= 0.6 is 0 Å². The van der Waals surface area contributed by atoms with Gasteiger partial charge in [-0.15, -0.1) is 0 Å². The summed E-state index contributed by atoms with van der Waals surface area (Å²) in [5, 5.41) is 0. The molecule has 0 aliphatic heterocycles. The average Bonchev–Trinajstić information content (AvgIpc) is 2.36. The maximum absolute atomic E-state index is 11.5. The van der Waals surface area contributed by atoms with E-state index in [2.05, 4.69) is 0 Å². The first kappa shape index (κ1) is 14.5. The minimum atomic E-state index is -0.654. The molecule has 2 N–H and O–H groups in total. The predicted octanol–water partition coefficient (Wildman–Crippen LogP) is 1.77. The summed E-state index contributed by atoms with van der Waals surface area (Å²) in [4.78, 5) is 11.5. The fourth-order valence-corrected chi connectivity index (χ4v) is 1.56. The molecular formula is C14H21NO3. The summed E-state index contributed by atoms with van der Waals surface area (Å²) in [6.45, 7) is 4.48. The Bertz CT molecular complexity index is 402. The Morgan fingerprint density at radius 2 is 2.11 bits per heavy atom. The number of methoxy groups -OCH3 is 1. The molecular weight excluding hydrogens is 230 g/mol. The molecule has 0 fully saturated rings. The number of carbonyl (C=O) groups excluding carboxylic acids is 1. The predicted molar refractivity (Wildman–Crippen MR) is 70.5 cm³/mol. The molecule has 1 rings (SSSR count). The Morgan fingerprint density at radius 3 is 2.72 bits per heavy atom. The lowest BCUT2D eigenvalue weighted by Gasteiger charge is -2.21. The first-order chi connectivity index (χ1) is 8.49. The van der Waals surface area contributed by atoms with Crippen molar-refractivity contribution in [2.75, 3.05) is 20.3 Å². The van der Waals surface area contributed by atoms with Gasteiger partial charge in [-0.25, -0.2) is 0 Å². The van der Waals surface area contributed by atoms with Gasteiger partial charge in [-0.3, -0.25) is 4.79 Å². The van der Waals surface area contributed by atoms with Crippen LogP contribution in [0.2, 0.25) is 0 Å². The molecule has 0 spiro atoms. The summed E-state index contributed by atoms with van der Waals surface area (Å²) in [7, 11) is 1.38. The SMILES string of the molecule is COC(=O)C(C)(C)COc1cccc(CCN)c1. The molecule has 0 saturated carbocycles. The number of hydrogen-bond acceptors (Lipinski definition) is 4. The largest absolute Gasteiger partial charge is 0.492 e. The second-order valence-electron chi connectivity index (χ2n) is 4.85. The van der Waals surface area contributed by atoms with Gasteiger partial charge in [0.25, 0.3) is 0 Å². The van der Waals surface area contributed by atoms with Gasteiger partial charge in [0.05, 0.1) is 12.5 Å². The van der Waals surface area contributed by atoms with Gasteiger partial charge < -0.3 is 15.2 Å². The maximum Gasteiger partial charge on any atom is 0.314 e. The van der Waals surface area contributed by atoms with Gasteiger partial charge in [-0.1, -0.05) is 12.1 Å². The molecule has 0 aromatic heterocycles. The van der Waals surface area contributed by atoms with Crippen LogP contribution in [0.5, 0.6) is 5.75 Å². The maximum atomic E-state index is 11.5. The highest BCUT2D eigenvalue weighted by Gasteiger charge is 2.29. The third-order valence-electron chi connectivity index (χ3n) is 2.67. The number of ether oxygens (including phenoxy) is 2. The Hall–Kier alpha value is -1.55. The van der Waals surface area contributed by atoms with Gasteiger partial charge >= 0.3 is 5.97 Å². The summed E-state index contributed by atoms with van der Waals surface area (Å²) in [5.41, 5.74) is 5.99. The standard InChI is InChI=1S/C14H21NO3/c1-14(2,13(16)17-3)10-18-12-6-4-5-11(9-12)7-8-15/h4-6,9H,7-8,10,15H2,1-3H3. The van der Waals surface area contributed by atoms with Crippen LogP contribution in [0.1, 0.15) is 19.4 Å². The number of hydrogen-bond donors (Lipinski definition) is 1. The van der Waals surface area contributed by atoms with Crippen molar-refractivity contribution in [3.05, 3.63) is 29.8 Å². The van der Waals surface area contributed by atoms with Gasteiger partial charge in [0, 0.05) is 0 Å². The van der Waals surface area contributed by atoms with Crippen LogP contribution in [0.15, 0.2) is 24.3 Å². The monoisotopic (exact) mass is 251 g/mol. The first-order valence-electron chi connectivity index (χ1n) is 6.00. The van der Waals surface area contributed by atoms with E-state index in [1.54, 1.807) is 13.8 Å². The van der Waals surface area contributed by atoms with Crippen LogP contribution < -0.4 is 10.5 Å². The van der Waals surface area contributed by atoms with E-state index in [0.717, 1.165) is 17.7 Å². The van der Waals surface area contributed by atoms with Gasteiger partial charge in [-0.05, 0) is 44.5 Å². The highest BCUT2D eigenvalue weighted by molar-refractivity contribution is 5.75. The first-order valence-corrected chi connectivity index (χ1v) is 6.00. The van der Waals surface area contributed by atoms with E-state index in [9.17, 15) is 4.79 Å². The third-order valence-corrected chi connectivity index (χ3v) is 2.67. The number of esters is 1. The Balaban J connectivity index is 2.63. The molecule has 0 unspecified atom stereocenters. The Labute approximate surface area is 108 Å². The van der Waals surface area contributed by atoms with Crippen LogP contribution in [0.4, 0.5) is 0 Å². The highest BCUT2D eigenvalue weighted by atomic mass is 16.5. The van der Waals surface area contributed by atoms with Crippen LogP contribution in [-0.2, 0) is 16.0 Å². The van der Waals surface area contributed by atoms with Crippen LogP contribution in [0.25, 0.3) is 0 Å². The zero-order chi connectivity index (χ0) is 13.6. The fourth-order valence-electron chi connectivity index (χ4n) is 1.56. The van der Waals surface area contributed by atoms with Crippen molar-refractivity contribution >= 4 is 5.97 Å². The fraction of sp³-hybridized carbons (Fsp3) is 0.500. The summed E-state index contributed by atoms with van der Waals surface area (Å²) < 4.78 is 10.4. The molecule has 100 valence electrons. The van der Waals surface area contributed by atoms with Crippen molar-refractivity contribution in [1.82, 2.24) is 0 Å². The summed E-state index contributed by atoms with van der Waals surface area (Å²) in [6.07, 6.45) is 0.817. The highest BCUT2D eigenvalue weighted by Crippen LogP contribution is 2.21. The van der Waals surface area contributed by atoms with Gasteiger partial charge in [0.1, 0.15) is 12.4 Å². The zero-order valence-electron chi connectivity index (χ0n) is 11.2. The van der Waals surface area contributed by atoms with Crippen LogP contribution in [-0.4, -0.2) is 26.2 Å². The van der Waals surface area contributed by atoms with Crippen LogP contribution in [0, 0.1) is 5.41 Å². The molecule has 1 aromatic rings. The molecule has 0 aliphatic rings. The lowest BCUT2D eigenvalue weighted by atomic mass is 9.95. The van der Waals surface area contributed by atoms with Crippen LogP contribution in [0.3, 0.4) is 0 Å². The van der Waals surface area contributed by atoms with Crippen molar-refractivity contribution in [2.24, 2.45) is 11.1 Å². The van der Waals surface area contributed by atoms with Gasteiger partial charge in [-0.2, -0.15) is 0 Å². The molecule has 18 heavy (non-hydrogen) atoms.